The van der Waals surface area contributed by atoms with Crippen LogP contribution in [-0.4, -0.2) is 6.54 Å². The monoisotopic (exact) mass is 315 g/mol. The fourth-order valence-electron chi connectivity index (χ4n) is 1.73. The number of aryl methyl sites for hydroxylation is 1. The molecule has 2 heterocycles. The van der Waals surface area contributed by atoms with Crippen LogP contribution in [0.3, 0.4) is 0 Å². The van der Waals surface area contributed by atoms with Gasteiger partial charge in [-0.3, -0.25) is 0 Å². The van der Waals surface area contributed by atoms with Gasteiger partial charge in [-0.25, -0.2) is 0 Å². The van der Waals surface area contributed by atoms with Gasteiger partial charge in [-0.2, -0.15) is 11.3 Å². The first kappa shape index (κ1) is 12.3. The second-order valence-electron chi connectivity index (χ2n) is 3.63. The summed E-state index contributed by atoms with van der Waals surface area (Å²) in [6.45, 7) is 5.30. The summed E-state index contributed by atoms with van der Waals surface area (Å²) in [6.07, 6.45) is 0. The van der Waals surface area contributed by atoms with Gasteiger partial charge in [0.05, 0.1) is 6.04 Å². The van der Waals surface area contributed by atoms with Gasteiger partial charge in [0.1, 0.15) is 0 Å². The minimum Gasteiger partial charge on any atom is -0.306 e. The number of nitrogens with one attached hydrogen (secondary N) is 1. The van der Waals surface area contributed by atoms with Crippen molar-refractivity contribution in [1.82, 2.24) is 5.32 Å². The van der Waals surface area contributed by atoms with Crippen molar-refractivity contribution in [2.45, 2.75) is 19.9 Å². The molecule has 1 atom stereocenters. The highest BCUT2D eigenvalue weighted by Crippen LogP contribution is 2.35. The zero-order valence-corrected chi connectivity index (χ0v) is 12.5. The van der Waals surface area contributed by atoms with Crippen LogP contribution in [-0.2, 0) is 0 Å². The first-order valence-corrected chi connectivity index (χ1v) is 7.84. The van der Waals surface area contributed by atoms with Crippen molar-refractivity contribution in [2.24, 2.45) is 0 Å². The van der Waals surface area contributed by atoms with Crippen LogP contribution in [0, 0.1) is 6.92 Å². The van der Waals surface area contributed by atoms with Gasteiger partial charge in [0, 0.05) is 14.7 Å². The Kier molecular flexibility index (Phi) is 4.19. The Balaban J connectivity index is 2.39. The molecular weight excluding hydrogens is 302 g/mol. The lowest BCUT2D eigenvalue weighted by atomic mass is 10.1. The molecule has 0 bridgehead atoms. The summed E-state index contributed by atoms with van der Waals surface area (Å²) in [6, 6.07) is 2.51. The molecule has 0 fully saturated rings. The number of thiophene rings is 2. The van der Waals surface area contributed by atoms with E-state index in [4.69, 9.17) is 0 Å². The summed E-state index contributed by atoms with van der Waals surface area (Å²) in [5.74, 6) is 0. The first-order valence-electron chi connectivity index (χ1n) is 5.23. The second kappa shape index (κ2) is 5.45. The zero-order valence-electron chi connectivity index (χ0n) is 9.29. The van der Waals surface area contributed by atoms with E-state index in [1.54, 1.807) is 11.3 Å². The predicted octanol–water partition coefficient (Wildman–Crippen LogP) is 4.58. The van der Waals surface area contributed by atoms with Gasteiger partial charge in [-0.05, 0) is 57.4 Å². The standard InChI is InChI=1S/C12H14BrNS2/c1-3-14-11(9-6-15-7-10(9)13)12-8(2)4-5-16-12/h4-7,11,14H,3H2,1-2H3. The minimum atomic E-state index is 0.325. The van der Waals surface area contributed by atoms with E-state index in [9.17, 15) is 0 Å². The van der Waals surface area contributed by atoms with E-state index in [0.29, 0.717) is 6.04 Å². The quantitative estimate of drug-likeness (QED) is 0.870. The van der Waals surface area contributed by atoms with E-state index >= 15 is 0 Å². The summed E-state index contributed by atoms with van der Waals surface area (Å²) < 4.78 is 1.20. The third kappa shape index (κ3) is 2.40. The third-order valence-corrected chi connectivity index (χ3v) is 5.36. The Hall–Kier alpha value is -0.160. The molecule has 2 rings (SSSR count). The topological polar surface area (TPSA) is 12.0 Å². The van der Waals surface area contributed by atoms with Crippen molar-refractivity contribution in [3.63, 3.8) is 0 Å². The number of rotatable bonds is 4. The molecule has 0 aliphatic carbocycles. The molecule has 0 spiro atoms. The molecule has 0 radical (unpaired) electrons. The Bertz CT molecular complexity index is 421. The molecule has 1 nitrogen and oxygen atoms in total. The molecule has 16 heavy (non-hydrogen) atoms. The molecule has 0 saturated carbocycles. The second-order valence-corrected chi connectivity index (χ2v) is 6.18. The molecule has 1 unspecified atom stereocenters. The number of halogens is 1. The van der Waals surface area contributed by atoms with Crippen LogP contribution in [0.4, 0.5) is 0 Å². The number of hydrogen-bond donors (Lipinski definition) is 1. The fraction of sp³-hybridized carbons (Fsp3) is 0.333. The molecule has 0 aliphatic heterocycles. The highest BCUT2D eigenvalue weighted by Gasteiger charge is 2.19. The fourth-order valence-corrected chi connectivity index (χ4v) is 4.30. The van der Waals surface area contributed by atoms with Gasteiger partial charge in [0.2, 0.25) is 0 Å². The molecule has 0 aromatic carbocycles. The van der Waals surface area contributed by atoms with Crippen molar-refractivity contribution >= 4 is 38.6 Å². The maximum Gasteiger partial charge on any atom is 0.0692 e. The highest BCUT2D eigenvalue weighted by molar-refractivity contribution is 9.10. The summed E-state index contributed by atoms with van der Waals surface area (Å²) in [5.41, 5.74) is 2.71. The summed E-state index contributed by atoms with van der Waals surface area (Å²) in [4.78, 5) is 1.42. The smallest absolute Gasteiger partial charge is 0.0692 e. The summed E-state index contributed by atoms with van der Waals surface area (Å²) >= 11 is 7.19. The third-order valence-electron chi connectivity index (χ3n) is 2.53. The maximum absolute atomic E-state index is 3.62. The van der Waals surface area contributed by atoms with Gasteiger partial charge in [-0.15, -0.1) is 11.3 Å². The van der Waals surface area contributed by atoms with Crippen LogP contribution in [0.1, 0.15) is 29.0 Å². The largest absolute Gasteiger partial charge is 0.306 e. The van der Waals surface area contributed by atoms with Crippen LogP contribution < -0.4 is 5.32 Å². The molecule has 2 aromatic rings. The van der Waals surface area contributed by atoms with Gasteiger partial charge in [0.15, 0.2) is 0 Å². The average Bonchev–Trinajstić information content (AvgIpc) is 2.84. The first-order chi connectivity index (χ1) is 7.74. The molecule has 4 heteroatoms. The SMILES string of the molecule is CCNC(c1cscc1Br)c1sccc1C. The van der Waals surface area contributed by atoms with E-state index in [0.717, 1.165) is 6.54 Å². The van der Waals surface area contributed by atoms with E-state index in [1.165, 1.54) is 20.5 Å². The molecule has 0 saturated heterocycles. The van der Waals surface area contributed by atoms with Crippen molar-refractivity contribution in [2.75, 3.05) is 6.54 Å². The molecule has 0 aliphatic rings. The van der Waals surface area contributed by atoms with Crippen LogP contribution in [0.25, 0.3) is 0 Å². The van der Waals surface area contributed by atoms with E-state index in [2.05, 4.69) is 57.3 Å². The van der Waals surface area contributed by atoms with Crippen LogP contribution in [0.15, 0.2) is 26.7 Å². The van der Waals surface area contributed by atoms with E-state index in [-0.39, 0.29) is 0 Å². The Labute approximate surface area is 113 Å². The van der Waals surface area contributed by atoms with Crippen molar-refractivity contribution in [3.8, 4) is 0 Å². The van der Waals surface area contributed by atoms with Gasteiger partial charge in [-0.1, -0.05) is 6.92 Å². The Morgan fingerprint density at radius 2 is 2.25 bits per heavy atom. The van der Waals surface area contributed by atoms with Crippen molar-refractivity contribution < 1.29 is 0 Å². The van der Waals surface area contributed by atoms with Gasteiger partial charge < -0.3 is 5.32 Å². The Morgan fingerprint density at radius 3 is 2.75 bits per heavy atom. The lowest BCUT2D eigenvalue weighted by molar-refractivity contribution is 0.637. The van der Waals surface area contributed by atoms with Crippen molar-refractivity contribution in [3.05, 3.63) is 42.7 Å². The van der Waals surface area contributed by atoms with Gasteiger partial charge >= 0.3 is 0 Å². The molecule has 1 N–H and O–H groups in total. The zero-order chi connectivity index (χ0) is 11.5. The maximum atomic E-state index is 3.62. The highest BCUT2D eigenvalue weighted by atomic mass is 79.9. The van der Waals surface area contributed by atoms with Crippen LogP contribution >= 0.6 is 38.6 Å². The van der Waals surface area contributed by atoms with E-state index < -0.39 is 0 Å². The number of hydrogen-bond acceptors (Lipinski definition) is 3. The minimum absolute atomic E-state index is 0.325. The molecule has 2 aromatic heterocycles. The molecule has 0 amide bonds. The van der Waals surface area contributed by atoms with E-state index in [1.807, 2.05) is 11.3 Å². The normalized spacial score (nSPS) is 12.9. The van der Waals surface area contributed by atoms with Crippen LogP contribution in [0.5, 0.6) is 0 Å². The average molecular weight is 316 g/mol. The lowest BCUT2D eigenvalue weighted by Gasteiger charge is -2.17. The summed E-state index contributed by atoms with van der Waals surface area (Å²) in [5, 5.41) is 10.1. The molecular formula is C12H14BrNS2. The summed E-state index contributed by atoms with van der Waals surface area (Å²) in [7, 11) is 0. The lowest BCUT2D eigenvalue weighted by Crippen LogP contribution is -2.21. The Morgan fingerprint density at radius 1 is 1.44 bits per heavy atom. The van der Waals surface area contributed by atoms with Crippen LogP contribution in [0.2, 0.25) is 0 Å². The van der Waals surface area contributed by atoms with Gasteiger partial charge in [0.25, 0.3) is 0 Å². The predicted molar refractivity (Wildman–Crippen MR) is 76.6 cm³/mol. The van der Waals surface area contributed by atoms with Crippen molar-refractivity contribution in [1.29, 1.82) is 0 Å². The molecule has 86 valence electrons.